The van der Waals surface area contributed by atoms with Crippen LogP contribution in [0, 0.1) is 0 Å². The van der Waals surface area contributed by atoms with Crippen LogP contribution in [0.1, 0.15) is 34.6 Å². The van der Waals surface area contributed by atoms with Crippen molar-refractivity contribution in [3.05, 3.63) is 0 Å². The zero-order valence-corrected chi connectivity index (χ0v) is 13.1. The van der Waals surface area contributed by atoms with Crippen molar-refractivity contribution < 1.29 is 9.53 Å². The van der Waals surface area contributed by atoms with Crippen LogP contribution in [0.5, 0.6) is 0 Å². The molecular formula is C12H25BrN2O2. The maximum absolute atomic E-state index is 11.4. The minimum Gasteiger partial charge on any atom is -0.444 e. The summed E-state index contributed by atoms with van der Waals surface area (Å²) in [6, 6.07) is 0.480. The predicted molar refractivity (Wildman–Crippen MR) is 74.7 cm³/mol. The van der Waals surface area contributed by atoms with Crippen LogP contribution < -0.4 is 5.32 Å². The van der Waals surface area contributed by atoms with Gasteiger partial charge in [-0.15, -0.1) is 0 Å². The fraction of sp³-hybridized carbons (Fsp3) is 0.917. The van der Waals surface area contributed by atoms with E-state index in [1.807, 2.05) is 20.8 Å². The summed E-state index contributed by atoms with van der Waals surface area (Å²) in [5, 5.41) is 3.71. The van der Waals surface area contributed by atoms with Gasteiger partial charge in [-0.1, -0.05) is 15.9 Å². The van der Waals surface area contributed by atoms with Crippen molar-refractivity contribution in [2.75, 3.05) is 25.0 Å². The van der Waals surface area contributed by atoms with Crippen LogP contribution in [0.4, 0.5) is 4.79 Å². The second-order valence-corrected chi connectivity index (χ2v) is 6.04. The summed E-state index contributed by atoms with van der Waals surface area (Å²) in [6.07, 6.45) is -0.347. The van der Waals surface area contributed by atoms with Gasteiger partial charge in [0.2, 0.25) is 0 Å². The topological polar surface area (TPSA) is 41.6 Å². The second kappa shape index (κ2) is 7.93. The third-order valence-electron chi connectivity index (χ3n) is 2.17. The highest BCUT2D eigenvalue weighted by Gasteiger charge is 2.16. The van der Waals surface area contributed by atoms with Crippen molar-refractivity contribution in [2.45, 2.75) is 46.3 Å². The third-order valence-corrected chi connectivity index (χ3v) is 2.52. The maximum Gasteiger partial charge on any atom is 0.407 e. The highest BCUT2D eigenvalue weighted by molar-refractivity contribution is 9.09. The van der Waals surface area contributed by atoms with E-state index in [1.165, 1.54) is 0 Å². The third kappa shape index (κ3) is 9.41. The molecule has 102 valence electrons. The SMILES string of the molecule is CC(C)N(CCBr)CCNC(=O)OC(C)(C)C. The van der Waals surface area contributed by atoms with Gasteiger partial charge in [-0.05, 0) is 34.6 Å². The van der Waals surface area contributed by atoms with Gasteiger partial charge in [0.25, 0.3) is 0 Å². The monoisotopic (exact) mass is 308 g/mol. The number of carbonyl (C=O) groups excluding carboxylic acids is 1. The Bertz CT molecular complexity index is 227. The molecule has 5 heteroatoms. The number of amides is 1. The number of carbonyl (C=O) groups is 1. The molecule has 0 aliphatic carbocycles. The van der Waals surface area contributed by atoms with Crippen molar-refractivity contribution in [3.63, 3.8) is 0 Å². The fourth-order valence-corrected chi connectivity index (χ4v) is 1.81. The van der Waals surface area contributed by atoms with Crippen molar-refractivity contribution in [3.8, 4) is 0 Å². The maximum atomic E-state index is 11.4. The number of alkyl carbamates (subject to hydrolysis) is 1. The van der Waals surface area contributed by atoms with Crippen LogP contribution in [-0.2, 0) is 4.74 Å². The van der Waals surface area contributed by atoms with Crippen molar-refractivity contribution in [1.29, 1.82) is 0 Å². The highest BCUT2D eigenvalue weighted by Crippen LogP contribution is 2.06. The number of ether oxygens (including phenoxy) is 1. The molecule has 1 amide bonds. The van der Waals surface area contributed by atoms with Gasteiger partial charge in [-0.3, -0.25) is 4.90 Å². The molecule has 0 spiro atoms. The minimum absolute atomic E-state index is 0.347. The zero-order chi connectivity index (χ0) is 13.5. The van der Waals surface area contributed by atoms with E-state index in [0.717, 1.165) is 18.4 Å². The van der Waals surface area contributed by atoms with Gasteiger partial charge in [-0.25, -0.2) is 4.79 Å². The molecule has 0 unspecified atom stereocenters. The van der Waals surface area contributed by atoms with Crippen LogP contribution in [0.3, 0.4) is 0 Å². The van der Waals surface area contributed by atoms with E-state index in [1.54, 1.807) is 0 Å². The molecule has 0 bridgehead atoms. The summed E-state index contributed by atoms with van der Waals surface area (Å²) < 4.78 is 5.16. The molecule has 0 aliphatic heterocycles. The predicted octanol–water partition coefficient (Wildman–Crippen LogP) is 2.62. The van der Waals surface area contributed by atoms with Gasteiger partial charge in [0.1, 0.15) is 5.60 Å². The minimum atomic E-state index is -0.433. The first-order chi connectivity index (χ1) is 7.76. The van der Waals surface area contributed by atoms with Gasteiger partial charge >= 0.3 is 6.09 Å². The molecule has 4 nitrogen and oxygen atoms in total. The van der Waals surface area contributed by atoms with Crippen molar-refractivity contribution in [1.82, 2.24) is 10.2 Å². The molecule has 0 aliphatic rings. The van der Waals surface area contributed by atoms with E-state index >= 15 is 0 Å². The lowest BCUT2D eigenvalue weighted by molar-refractivity contribution is 0.0520. The number of hydrogen-bond donors (Lipinski definition) is 1. The Morgan fingerprint density at radius 1 is 1.35 bits per heavy atom. The summed E-state index contributed by atoms with van der Waals surface area (Å²) in [5.74, 6) is 0. The molecule has 0 rings (SSSR count). The van der Waals surface area contributed by atoms with E-state index in [4.69, 9.17) is 4.74 Å². The Hall–Kier alpha value is -0.290. The Kier molecular flexibility index (Phi) is 7.79. The average molecular weight is 309 g/mol. The lowest BCUT2D eigenvalue weighted by atomic mass is 10.2. The van der Waals surface area contributed by atoms with Crippen LogP contribution >= 0.6 is 15.9 Å². The van der Waals surface area contributed by atoms with Crippen molar-refractivity contribution in [2.24, 2.45) is 0 Å². The quantitative estimate of drug-likeness (QED) is 0.767. The summed E-state index contributed by atoms with van der Waals surface area (Å²) >= 11 is 3.43. The number of rotatable bonds is 6. The Balaban J connectivity index is 3.84. The molecule has 0 radical (unpaired) electrons. The van der Waals surface area contributed by atoms with Crippen LogP contribution in [0.25, 0.3) is 0 Å². The molecule has 0 aromatic carbocycles. The molecule has 0 atom stereocenters. The van der Waals surface area contributed by atoms with Gasteiger partial charge in [0, 0.05) is 31.0 Å². The molecule has 0 heterocycles. The fourth-order valence-electron chi connectivity index (χ4n) is 1.35. The van der Waals surface area contributed by atoms with Crippen LogP contribution in [0.15, 0.2) is 0 Å². The van der Waals surface area contributed by atoms with Gasteiger partial charge in [-0.2, -0.15) is 0 Å². The number of nitrogens with one attached hydrogen (secondary N) is 1. The lowest BCUT2D eigenvalue weighted by Gasteiger charge is -2.26. The van der Waals surface area contributed by atoms with E-state index in [-0.39, 0.29) is 6.09 Å². The van der Waals surface area contributed by atoms with Gasteiger partial charge in [0.05, 0.1) is 0 Å². The number of halogens is 1. The van der Waals surface area contributed by atoms with Crippen molar-refractivity contribution >= 4 is 22.0 Å². The molecule has 0 aromatic heterocycles. The first-order valence-electron chi connectivity index (χ1n) is 6.03. The molecule has 1 N–H and O–H groups in total. The standard InChI is InChI=1S/C12H25BrN2O2/c1-10(2)15(8-6-13)9-7-14-11(16)17-12(3,4)5/h10H,6-9H2,1-5H3,(H,14,16). The summed E-state index contributed by atoms with van der Waals surface area (Å²) in [6.45, 7) is 12.3. The zero-order valence-electron chi connectivity index (χ0n) is 11.5. The Morgan fingerprint density at radius 3 is 2.35 bits per heavy atom. The molecule has 0 saturated heterocycles. The smallest absolute Gasteiger partial charge is 0.407 e. The van der Waals surface area contributed by atoms with Gasteiger partial charge < -0.3 is 10.1 Å². The molecule has 0 aromatic rings. The highest BCUT2D eigenvalue weighted by atomic mass is 79.9. The van der Waals surface area contributed by atoms with Gasteiger partial charge in [0.15, 0.2) is 0 Å². The number of nitrogens with zero attached hydrogens (tertiary/aromatic N) is 1. The van der Waals surface area contributed by atoms with E-state index in [2.05, 4.69) is 40.0 Å². The summed E-state index contributed by atoms with van der Waals surface area (Å²) in [5.41, 5.74) is -0.433. The largest absolute Gasteiger partial charge is 0.444 e. The molecule has 0 saturated carbocycles. The molecule has 17 heavy (non-hydrogen) atoms. The average Bonchev–Trinajstić information content (AvgIpc) is 2.13. The van der Waals surface area contributed by atoms with Crippen LogP contribution in [0.2, 0.25) is 0 Å². The molecular weight excluding hydrogens is 284 g/mol. The first-order valence-corrected chi connectivity index (χ1v) is 7.15. The first kappa shape index (κ1) is 16.7. The second-order valence-electron chi connectivity index (χ2n) is 5.25. The normalized spacial score (nSPS) is 12.0. The van der Waals surface area contributed by atoms with E-state index < -0.39 is 5.60 Å². The Morgan fingerprint density at radius 2 is 1.94 bits per heavy atom. The van der Waals surface area contributed by atoms with E-state index in [9.17, 15) is 4.79 Å². The van der Waals surface area contributed by atoms with Crippen LogP contribution in [-0.4, -0.2) is 47.6 Å². The Labute approximate surface area is 113 Å². The number of hydrogen-bond acceptors (Lipinski definition) is 3. The lowest BCUT2D eigenvalue weighted by Crippen LogP contribution is -2.41. The number of alkyl halides is 1. The summed E-state index contributed by atoms with van der Waals surface area (Å²) in [4.78, 5) is 13.7. The summed E-state index contributed by atoms with van der Waals surface area (Å²) in [7, 11) is 0. The molecule has 0 fully saturated rings. The van der Waals surface area contributed by atoms with E-state index in [0.29, 0.717) is 12.6 Å².